The van der Waals surface area contributed by atoms with Gasteiger partial charge in [0.1, 0.15) is 17.4 Å². The Bertz CT molecular complexity index is 2110. The standard InChI is InChI=1S/C36H37F2N3O6S/c1-35(2)21-48(44,45)20-27-25-12-14-39-30(25)18-29(38)33(27)47-24-9-10-28(37)26(17-24)34-40-19-31(41-34)36(3,13-5-15-46-35)23-7-4-6-22(16-23)8-11-32(42)43/h4,6-7,9-10,12,14,16-19,39H,5,8,11,13,15,20-21H2,1-3H3,(H,40,41)(H,42,43). The molecule has 0 radical (unpaired) electrons. The maximum Gasteiger partial charge on any atom is 0.303 e. The summed E-state index contributed by atoms with van der Waals surface area (Å²) in [6.45, 7) is 5.69. The molecule has 0 fully saturated rings. The van der Waals surface area contributed by atoms with E-state index in [0.717, 1.165) is 11.1 Å². The van der Waals surface area contributed by atoms with E-state index in [9.17, 15) is 18.3 Å². The molecule has 5 aromatic rings. The van der Waals surface area contributed by atoms with Gasteiger partial charge in [-0.25, -0.2) is 22.2 Å². The maximum absolute atomic E-state index is 15.6. The number of imidazole rings is 1. The molecule has 9 nitrogen and oxygen atoms in total. The van der Waals surface area contributed by atoms with Gasteiger partial charge in [-0.2, -0.15) is 0 Å². The van der Waals surface area contributed by atoms with Crippen molar-refractivity contribution >= 4 is 26.7 Å². The molecular formula is C36H37F2N3O6S. The smallest absolute Gasteiger partial charge is 0.303 e. The van der Waals surface area contributed by atoms with E-state index in [2.05, 4.69) is 15.0 Å². The number of nitrogens with zero attached hydrogens (tertiary/aromatic N) is 1. The molecule has 3 heterocycles. The van der Waals surface area contributed by atoms with Crippen molar-refractivity contribution in [3.8, 4) is 22.9 Å². The molecule has 0 aliphatic carbocycles. The lowest BCUT2D eigenvalue weighted by Crippen LogP contribution is -2.35. The lowest BCUT2D eigenvalue weighted by molar-refractivity contribution is -0.136. The van der Waals surface area contributed by atoms with Crippen LogP contribution >= 0.6 is 0 Å². The van der Waals surface area contributed by atoms with Crippen LogP contribution in [-0.4, -0.2) is 52.4 Å². The number of hydrogen-bond acceptors (Lipinski definition) is 6. The van der Waals surface area contributed by atoms with Gasteiger partial charge in [0.15, 0.2) is 21.4 Å². The second kappa shape index (κ2) is 12.8. The number of sulfone groups is 1. The van der Waals surface area contributed by atoms with E-state index in [1.165, 1.54) is 24.3 Å². The van der Waals surface area contributed by atoms with Gasteiger partial charge in [-0.3, -0.25) is 4.79 Å². The highest BCUT2D eigenvalue weighted by Crippen LogP contribution is 2.40. The number of aromatic nitrogens is 3. The number of ether oxygens (including phenoxy) is 2. The Hall–Kier alpha value is -4.55. The number of aryl methyl sites for hydroxylation is 1. The third-order valence-corrected chi connectivity index (χ3v) is 10.8. The number of rotatable bonds is 4. The fourth-order valence-corrected chi connectivity index (χ4v) is 8.43. The summed E-state index contributed by atoms with van der Waals surface area (Å²) in [5, 5.41) is 9.72. The van der Waals surface area contributed by atoms with Crippen LogP contribution in [0.1, 0.15) is 62.4 Å². The molecule has 48 heavy (non-hydrogen) atoms. The number of halogens is 2. The van der Waals surface area contributed by atoms with E-state index in [1.807, 2.05) is 31.2 Å². The van der Waals surface area contributed by atoms with Crippen LogP contribution in [0.3, 0.4) is 0 Å². The highest BCUT2D eigenvalue weighted by atomic mass is 32.2. The first-order chi connectivity index (χ1) is 22.7. The molecule has 0 spiro atoms. The largest absolute Gasteiger partial charge is 0.481 e. The van der Waals surface area contributed by atoms with Crippen LogP contribution in [0.5, 0.6) is 11.5 Å². The molecular weight excluding hydrogens is 640 g/mol. The normalized spacial score (nSPS) is 19.5. The predicted molar refractivity (Wildman–Crippen MR) is 178 cm³/mol. The zero-order chi connectivity index (χ0) is 34.3. The Balaban J connectivity index is 1.47. The molecule has 2 aromatic heterocycles. The average molecular weight is 678 g/mol. The van der Waals surface area contributed by atoms with Gasteiger partial charge >= 0.3 is 5.97 Å². The fraction of sp³-hybridized carbons (Fsp3) is 0.333. The summed E-state index contributed by atoms with van der Waals surface area (Å²) in [7, 11) is -3.86. The highest BCUT2D eigenvalue weighted by molar-refractivity contribution is 7.90. The van der Waals surface area contributed by atoms with Crippen LogP contribution in [0, 0.1) is 11.6 Å². The molecule has 1 aliphatic rings. The number of hydrogen-bond donors (Lipinski definition) is 3. The van der Waals surface area contributed by atoms with E-state index in [1.54, 1.807) is 32.3 Å². The van der Waals surface area contributed by atoms with E-state index < -0.39 is 44.2 Å². The second-order valence-corrected chi connectivity index (χ2v) is 15.2. The quantitative estimate of drug-likeness (QED) is 0.180. The Morgan fingerprint density at radius 3 is 2.67 bits per heavy atom. The number of carboxylic acid groups (broad SMARTS) is 1. The first-order valence-corrected chi connectivity index (χ1v) is 17.5. The lowest BCUT2D eigenvalue weighted by Gasteiger charge is -2.31. The third kappa shape index (κ3) is 7.00. The number of fused-ring (bicyclic) bond motifs is 8. The van der Waals surface area contributed by atoms with Crippen molar-refractivity contribution in [3.05, 3.63) is 101 Å². The molecule has 3 aromatic carbocycles. The summed E-state index contributed by atoms with van der Waals surface area (Å²) in [6, 6.07) is 14.5. The monoisotopic (exact) mass is 677 g/mol. The molecule has 12 heteroatoms. The maximum atomic E-state index is 15.6. The summed E-state index contributed by atoms with van der Waals surface area (Å²) < 4.78 is 70.5. The number of nitrogens with one attached hydrogen (secondary N) is 2. The number of carbonyl (C=O) groups is 1. The molecule has 0 saturated carbocycles. The van der Waals surface area contributed by atoms with Crippen LogP contribution in [0.25, 0.3) is 22.3 Å². The van der Waals surface area contributed by atoms with Gasteiger partial charge in [-0.1, -0.05) is 24.3 Å². The van der Waals surface area contributed by atoms with Crippen molar-refractivity contribution in [3.63, 3.8) is 0 Å². The molecule has 1 aliphatic heterocycles. The molecule has 0 saturated heterocycles. The van der Waals surface area contributed by atoms with Crippen molar-refractivity contribution in [1.82, 2.24) is 15.0 Å². The Kier molecular flexibility index (Phi) is 8.90. The summed E-state index contributed by atoms with van der Waals surface area (Å²) >= 11 is 0. The van der Waals surface area contributed by atoms with Crippen molar-refractivity contribution in [2.75, 3.05) is 12.4 Å². The Morgan fingerprint density at radius 1 is 1.06 bits per heavy atom. The SMILES string of the molecule is CC1(C)CS(=O)(=O)Cc2c(c(F)cc3[nH]ccc23)Oc2ccc(F)c(c2)-c2ncc([nH]2)C(C)(c2cccc(CCC(=O)O)c2)CCCO1. The summed E-state index contributed by atoms with van der Waals surface area (Å²) in [5.41, 5.74) is 1.35. The van der Waals surface area contributed by atoms with Gasteiger partial charge in [-0.15, -0.1) is 0 Å². The Labute approximate surface area is 277 Å². The molecule has 3 N–H and O–H groups in total. The van der Waals surface area contributed by atoms with Gasteiger partial charge in [0.05, 0.1) is 22.7 Å². The van der Waals surface area contributed by atoms with Crippen LogP contribution in [0.2, 0.25) is 0 Å². The molecule has 4 bridgehead atoms. The molecule has 1 atom stereocenters. The van der Waals surface area contributed by atoms with Gasteiger partial charge in [0, 0.05) is 59.1 Å². The van der Waals surface area contributed by atoms with Gasteiger partial charge in [0.2, 0.25) is 0 Å². The van der Waals surface area contributed by atoms with E-state index in [0.29, 0.717) is 35.9 Å². The van der Waals surface area contributed by atoms with Gasteiger partial charge < -0.3 is 24.5 Å². The van der Waals surface area contributed by atoms with Crippen LogP contribution in [0.4, 0.5) is 8.78 Å². The number of H-pyrrole nitrogens is 2. The highest BCUT2D eigenvalue weighted by Gasteiger charge is 2.34. The summed E-state index contributed by atoms with van der Waals surface area (Å²) in [5.74, 6) is -3.02. The first kappa shape index (κ1) is 33.4. The number of aromatic amines is 2. The number of carboxylic acids is 1. The van der Waals surface area contributed by atoms with Crippen molar-refractivity contribution < 1.29 is 36.6 Å². The van der Waals surface area contributed by atoms with Crippen LogP contribution in [-0.2, 0) is 37.0 Å². The van der Waals surface area contributed by atoms with Crippen LogP contribution in [0.15, 0.2) is 67.0 Å². The van der Waals surface area contributed by atoms with Crippen molar-refractivity contribution in [2.45, 2.75) is 63.2 Å². The minimum Gasteiger partial charge on any atom is -0.481 e. The predicted octanol–water partition coefficient (Wildman–Crippen LogP) is 7.46. The Morgan fingerprint density at radius 2 is 1.88 bits per heavy atom. The van der Waals surface area contributed by atoms with E-state index in [4.69, 9.17) is 9.47 Å². The molecule has 6 rings (SSSR count). The zero-order valence-corrected chi connectivity index (χ0v) is 27.7. The summed E-state index contributed by atoms with van der Waals surface area (Å²) in [6.07, 6.45) is 4.67. The van der Waals surface area contributed by atoms with Crippen molar-refractivity contribution in [1.29, 1.82) is 0 Å². The molecule has 252 valence electrons. The van der Waals surface area contributed by atoms with E-state index in [-0.39, 0.29) is 47.2 Å². The second-order valence-electron chi connectivity index (χ2n) is 13.2. The van der Waals surface area contributed by atoms with Gasteiger partial charge in [0.25, 0.3) is 0 Å². The minimum atomic E-state index is -3.86. The lowest BCUT2D eigenvalue weighted by atomic mass is 9.75. The first-order valence-electron chi connectivity index (χ1n) is 15.7. The van der Waals surface area contributed by atoms with E-state index >= 15 is 8.78 Å². The average Bonchev–Trinajstić information content (AvgIpc) is 3.70. The third-order valence-electron chi connectivity index (χ3n) is 8.89. The fourth-order valence-electron chi connectivity index (χ4n) is 6.46. The number of benzene rings is 3. The molecule has 0 amide bonds. The minimum absolute atomic E-state index is 0.0116. The number of aliphatic carboxylic acids is 1. The van der Waals surface area contributed by atoms with Gasteiger partial charge in [-0.05, 0) is 75.4 Å². The van der Waals surface area contributed by atoms with Crippen molar-refractivity contribution in [2.24, 2.45) is 0 Å². The zero-order valence-electron chi connectivity index (χ0n) is 26.9. The summed E-state index contributed by atoms with van der Waals surface area (Å²) in [4.78, 5) is 22.0. The molecule has 1 unspecified atom stereocenters. The van der Waals surface area contributed by atoms with Crippen LogP contribution < -0.4 is 4.74 Å². The topological polar surface area (TPSA) is 134 Å².